The summed E-state index contributed by atoms with van der Waals surface area (Å²) < 4.78 is 34.4. The van der Waals surface area contributed by atoms with Gasteiger partial charge in [-0.3, -0.25) is 4.79 Å². The summed E-state index contributed by atoms with van der Waals surface area (Å²) >= 11 is 6.03. The summed E-state index contributed by atoms with van der Waals surface area (Å²) in [6.45, 7) is 8.42. The van der Waals surface area contributed by atoms with Gasteiger partial charge in [0.1, 0.15) is 11.6 Å². The lowest BCUT2D eigenvalue weighted by molar-refractivity contribution is -0.118. The van der Waals surface area contributed by atoms with Crippen LogP contribution in [0.5, 0.6) is 0 Å². The summed E-state index contributed by atoms with van der Waals surface area (Å²) in [6, 6.07) is 14.8. The Bertz CT molecular complexity index is 1570. The normalized spacial score (nSPS) is 19.9. The maximum absolute atomic E-state index is 13.3. The van der Waals surface area contributed by atoms with Crippen LogP contribution in [-0.4, -0.2) is 50.1 Å². The van der Waals surface area contributed by atoms with Gasteiger partial charge in [-0.1, -0.05) is 29.8 Å². The second kappa shape index (κ2) is 10.1. The molecule has 2 aliphatic heterocycles. The van der Waals surface area contributed by atoms with Crippen molar-refractivity contribution in [2.24, 2.45) is 0 Å². The standard InChI is InChI=1S/C29H32ClN3O5S/c1-18-25-10-8-23(16-21(25)11-13-32(18)28(35)38-29(2,3)4)33-14-12-26(27(33)34)31-39(36,37)24-9-6-19-15-22(30)7-5-20(19)17-24/h5-10,15-18,26,31H,11-14H2,1-4H3/t18?,26-/m0/s1. The molecule has 10 heteroatoms. The molecule has 2 atom stereocenters. The number of anilines is 1. The third-order valence-corrected chi connectivity index (χ3v) is 8.90. The molecular weight excluding hydrogens is 538 g/mol. The van der Waals surface area contributed by atoms with E-state index in [1.54, 1.807) is 40.1 Å². The van der Waals surface area contributed by atoms with Crippen molar-refractivity contribution in [1.29, 1.82) is 0 Å². The molecule has 5 rings (SSSR count). The Balaban J connectivity index is 1.30. The molecule has 2 heterocycles. The number of carbonyl (C=O) groups is 2. The quantitative estimate of drug-likeness (QED) is 0.452. The van der Waals surface area contributed by atoms with Gasteiger partial charge in [0.25, 0.3) is 0 Å². The first-order chi connectivity index (χ1) is 18.3. The smallest absolute Gasteiger partial charge is 0.410 e. The maximum Gasteiger partial charge on any atom is 0.410 e. The van der Waals surface area contributed by atoms with Crippen LogP contribution in [0.4, 0.5) is 10.5 Å². The van der Waals surface area contributed by atoms with E-state index in [1.165, 1.54) is 6.07 Å². The van der Waals surface area contributed by atoms with Gasteiger partial charge in [-0.2, -0.15) is 4.72 Å². The summed E-state index contributed by atoms with van der Waals surface area (Å²) in [5, 5.41) is 2.15. The first-order valence-electron chi connectivity index (χ1n) is 13.0. The Labute approximate surface area is 233 Å². The highest BCUT2D eigenvalue weighted by Gasteiger charge is 2.37. The van der Waals surface area contributed by atoms with Gasteiger partial charge in [0.15, 0.2) is 0 Å². The van der Waals surface area contributed by atoms with Crippen molar-refractivity contribution < 1.29 is 22.7 Å². The largest absolute Gasteiger partial charge is 0.444 e. The molecule has 0 spiro atoms. The van der Waals surface area contributed by atoms with E-state index in [4.69, 9.17) is 16.3 Å². The van der Waals surface area contributed by atoms with E-state index in [0.717, 1.165) is 27.6 Å². The van der Waals surface area contributed by atoms with Crippen LogP contribution in [0.1, 0.15) is 51.3 Å². The van der Waals surface area contributed by atoms with Crippen LogP contribution in [0.15, 0.2) is 59.5 Å². The number of fused-ring (bicyclic) bond motifs is 2. The Morgan fingerprint density at radius 3 is 2.49 bits per heavy atom. The Hall–Kier alpha value is -3.14. The highest BCUT2D eigenvalue weighted by Crippen LogP contribution is 2.34. The summed E-state index contributed by atoms with van der Waals surface area (Å²) in [5.41, 5.74) is 2.23. The van der Waals surface area contributed by atoms with Gasteiger partial charge in [-0.25, -0.2) is 13.2 Å². The van der Waals surface area contributed by atoms with Crippen LogP contribution < -0.4 is 9.62 Å². The van der Waals surface area contributed by atoms with E-state index in [1.807, 2.05) is 45.9 Å². The fourth-order valence-corrected chi connectivity index (χ4v) is 6.66. The minimum Gasteiger partial charge on any atom is -0.444 e. The molecule has 1 saturated heterocycles. The van der Waals surface area contributed by atoms with E-state index in [9.17, 15) is 18.0 Å². The Morgan fingerprint density at radius 2 is 1.74 bits per heavy atom. The van der Waals surface area contributed by atoms with Crippen LogP contribution in [0.25, 0.3) is 10.8 Å². The lowest BCUT2D eigenvalue weighted by Gasteiger charge is -2.36. The lowest BCUT2D eigenvalue weighted by Crippen LogP contribution is -2.42. The number of nitrogens with one attached hydrogen (secondary N) is 1. The molecule has 1 fully saturated rings. The molecule has 206 valence electrons. The molecular formula is C29H32ClN3O5S. The molecule has 39 heavy (non-hydrogen) atoms. The Morgan fingerprint density at radius 1 is 1.03 bits per heavy atom. The van der Waals surface area contributed by atoms with E-state index in [0.29, 0.717) is 31.0 Å². The van der Waals surface area contributed by atoms with Crippen LogP contribution >= 0.6 is 11.6 Å². The number of rotatable bonds is 4. The van der Waals surface area contributed by atoms with E-state index >= 15 is 0 Å². The zero-order chi connectivity index (χ0) is 28.1. The van der Waals surface area contributed by atoms with Gasteiger partial charge < -0.3 is 14.5 Å². The van der Waals surface area contributed by atoms with Crippen molar-refractivity contribution in [3.05, 3.63) is 70.7 Å². The molecule has 3 aromatic carbocycles. The molecule has 2 aliphatic rings. The number of sulfonamides is 1. The predicted octanol–water partition coefficient (Wildman–Crippen LogP) is 5.43. The monoisotopic (exact) mass is 569 g/mol. The number of hydrogen-bond donors (Lipinski definition) is 1. The number of amides is 2. The number of carbonyl (C=O) groups excluding carboxylic acids is 2. The van der Waals surface area contributed by atoms with Gasteiger partial charge in [-0.05, 0) is 98.8 Å². The molecule has 1 N–H and O–H groups in total. The number of nitrogens with zero attached hydrogens (tertiary/aromatic N) is 2. The van der Waals surface area contributed by atoms with Crippen molar-refractivity contribution in [2.45, 2.75) is 63.1 Å². The summed E-state index contributed by atoms with van der Waals surface area (Å²) in [5.74, 6) is -0.287. The molecule has 0 aliphatic carbocycles. The Kier molecular flexibility index (Phi) is 7.11. The predicted molar refractivity (Wildman–Crippen MR) is 152 cm³/mol. The van der Waals surface area contributed by atoms with Crippen LogP contribution in [0, 0.1) is 0 Å². The minimum absolute atomic E-state index is 0.0980. The molecule has 1 unspecified atom stereocenters. The average molecular weight is 570 g/mol. The van der Waals surface area contributed by atoms with E-state index in [2.05, 4.69) is 4.72 Å². The SMILES string of the molecule is CC1c2ccc(N3CC[C@H](NS(=O)(=O)c4ccc5cc(Cl)ccc5c4)C3=O)cc2CCN1C(=O)OC(C)(C)C. The molecule has 8 nitrogen and oxygen atoms in total. The van der Waals surface area contributed by atoms with E-state index < -0.39 is 21.7 Å². The van der Waals surface area contributed by atoms with Gasteiger partial charge in [0, 0.05) is 23.8 Å². The highest BCUT2D eigenvalue weighted by molar-refractivity contribution is 7.89. The first kappa shape index (κ1) is 27.4. The zero-order valence-corrected chi connectivity index (χ0v) is 24.0. The molecule has 0 saturated carbocycles. The highest BCUT2D eigenvalue weighted by atomic mass is 35.5. The average Bonchev–Trinajstić information content (AvgIpc) is 3.21. The molecule has 0 radical (unpaired) electrons. The van der Waals surface area contributed by atoms with Gasteiger partial charge in [0.2, 0.25) is 15.9 Å². The summed E-state index contributed by atoms with van der Waals surface area (Å²) in [4.78, 5) is 29.4. The van der Waals surface area contributed by atoms with Gasteiger partial charge >= 0.3 is 6.09 Å². The van der Waals surface area contributed by atoms with Gasteiger partial charge in [-0.15, -0.1) is 0 Å². The third kappa shape index (κ3) is 5.62. The molecule has 3 aromatic rings. The van der Waals surface area contributed by atoms with Crippen molar-refractivity contribution in [3.63, 3.8) is 0 Å². The second-order valence-corrected chi connectivity index (χ2v) is 13.2. The summed E-state index contributed by atoms with van der Waals surface area (Å²) in [7, 11) is -3.91. The van der Waals surface area contributed by atoms with Crippen molar-refractivity contribution in [3.8, 4) is 0 Å². The van der Waals surface area contributed by atoms with Crippen molar-refractivity contribution in [2.75, 3.05) is 18.0 Å². The second-order valence-electron chi connectivity index (χ2n) is 11.1. The number of hydrogen-bond acceptors (Lipinski definition) is 5. The first-order valence-corrected chi connectivity index (χ1v) is 14.8. The fraction of sp³-hybridized carbons (Fsp3) is 0.379. The number of halogens is 1. The molecule has 0 aromatic heterocycles. The fourth-order valence-electron chi connectivity index (χ4n) is 5.22. The molecule has 2 amide bonds. The third-order valence-electron chi connectivity index (χ3n) is 7.19. The van der Waals surface area contributed by atoms with Crippen molar-refractivity contribution >= 4 is 50.1 Å². The number of ether oxygens (including phenoxy) is 1. The lowest BCUT2D eigenvalue weighted by atomic mass is 9.93. The number of benzene rings is 3. The molecule has 0 bridgehead atoms. The van der Waals surface area contributed by atoms with Gasteiger partial charge in [0.05, 0.1) is 10.9 Å². The van der Waals surface area contributed by atoms with Crippen LogP contribution in [0.2, 0.25) is 5.02 Å². The zero-order valence-electron chi connectivity index (χ0n) is 22.4. The summed E-state index contributed by atoms with van der Waals surface area (Å²) in [6.07, 6.45) is 0.656. The van der Waals surface area contributed by atoms with E-state index in [-0.39, 0.29) is 22.9 Å². The van der Waals surface area contributed by atoms with Crippen molar-refractivity contribution in [1.82, 2.24) is 9.62 Å². The minimum atomic E-state index is -3.91. The maximum atomic E-state index is 13.3. The van der Waals surface area contributed by atoms with Crippen LogP contribution in [-0.2, 0) is 26.0 Å². The van der Waals surface area contributed by atoms with Crippen LogP contribution in [0.3, 0.4) is 0 Å². The topological polar surface area (TPSA) is 96.0 Å².